The number of rotatable bonds is 3. The van der Waals surface area contributed by atoms with E-state index in [2.05, 4.69) is 11.8 Å². The van der Waals surface area contributed by atoms with E-state index < -0.39 is 0 Å². The summed E-state index contributed by atoms with van der Waals surface area (Å²) in [6.07, 6.45) is 0.731. The van der Waals surface area contributed by atoms with Crippen molar-refractivity contribution < 1.29 is 14.6 Å². The molecule has 0 unspecified atom stereocenters. The van der Waals surface area contributed by atoms with Crippen molar-refractivity contribution in [2.24, 2.45) is 0 Å². The summed E-state index contributed by atoms with van der Waals surface area (Å²) in [4.78, 5) is 10.6. The molecule has 0 aromatic heterocycles. The first-order chi connectivity index (χ1) is 6.88. The molecule has 1 aromatic rings. The van der Waals surface area contributed by atoms with Crippen LogP contribution >= 0.6 is 0 Å². The Labute approximate surface area is 82.3 Å². The Morgan fingerprint density at radius 3 is 2.86 bits per heavy atom. The second-order valence-electron chi connectivity index (χ2n) is 2.46. The molecule has 1 rings (SSSR count). The number of aliphatic hydroxyl groups is 1. The molecule has 0 bridgehead atoms. The van der Waals surface area contributed by atoms with Gasteiger partial charge in [0.25, 0.3) is 0 Å². The average Bonchev–Trinajstić information content (AvgIpc) is 2.25. The van der Waals surface area contributed by atoms with E-state index >= 15 is 0 Å². The van der Waals surface area contributed by atoms with E-state index in [4.69, 9.17) is 9.84 Å². The Balaban J connectivity index is 2.62. The van der Waals surface area contributed by atoms with Crippen LogP contribution in [0.3, 0.4) is 0 Å². The molecule has 0 aliphatic rings. The maximum absolute atomic E-state index is 10.6. The van der Waals surface area contributed by atoms with Gasteiger partial charge in [-0.15, -0.1) is 0 Å². The maximum atomic E-state index is 10.6. The average molecular weight is 190 g/mol. The van der Waals surface area contributed by atoms with Crippen LogP contribution in [-0.2, 0) is 0 Å². The predicted octanol–water partition coefficient (Wildman–Crippen LogP) is 0.874. The molecule has 0 atom stereocenters. The second-order valence-corrected chi connectivity index (χ2v) is 2.46. The minimum Gasteiger partial charge on any atom is -0.480 e. The van der Waals surface area contributed by atoms with E-state index in [1.807, 2.05) is 0 Å². The normalized spacial score (nSPS) is 8.64. The number of para-hydroxylation sites is 1. The molecule has 0 saturated heterocycles. The smallest absolute Gasteiger partial charge is 0.153 e. The number of ether oxygens (including phenoxy) is 1. The van der Waals surface area contributed by atoms with Gasteiger partial charge in [0.1, 0.15) is 19.0 Å². The summed E-state index contributed by atoms with van der Waals surface area (Å²) in [6, 6.07) is 6.91. The van der Waals surface area contributed by atoms with Crippen LogP contribution in [0.2, 0.25) is 0 Å². The van der Waals surface area contributed by atoms with Crippen molar-refractivity contribution >= 4 is 6.29 Å². The van der Waals surface area contributed by atoms with Crippen LogP contribution in [0.5, 0.6) is 5.75 Å². The molecule has 0 radical (unpaired) electrons. The van der Waals surface area contributed by atoms with Crippen LogP contribution in [-0.4, -0.2) is 24.6 Å². The molecular formula is C11H10O3. The fourth-order valence-corrected chi connectivity index (χ4v) is 0.930. The number of aldehydes is 1. The Morgan fingerprint density at radius 2 is 2.14 bits per heavy atom. The van der Waals surface area contributed by atoms with Gasteiger partial charge in [-0.1, -0.05) is 24.0 Å². The van der Waals surface area contributed by atoms with Gasteiger partial charge in [0, 0.05) is 0 Å². The summed E-state index contributed by atoms with van der Waals surface area (Å²) < 4.78 is 5.21. The molecule has 0 aliphatic heterocycles. The maximum Gasteiger partial charge on any atom is 0.153 e. The predicted molar refractivity (Wildman–Crippen MR) is 52.2 cm³/mol. The minimum absolute atomic E-state index is 0.172. The van der Waals surface area contributed by atoms with E-state index in [0.717, 1.165) is 6.29 Å². The Morgan fingerprint density at radius 1 is 1.36 bits per heavy atom. The van der Waals surface area contributed by atoms with Crippen LogP contribution in [0.4, 0.5) is 0 Å². The third-order valence-corrected chi connectivity index (χ3v) is 1.55. The first-order valence-electron chi connectivity index (χ1n) is 4.12. The zero-order chi connectivity index (χ0) is 10.2. The standard InChI is InChI=1S/C11H10O3/c12-7-3-4-8-14-11-6-2-1-5-10(11)9-13/h1-2,5-6,9,12H,7-8H2. The lowest BCUT2D eigenvalue weighted by Gasteiger charge is -2.03. The molecular weight excluding hydrogens is 180 g/mol. The van der Waals surface area contributed by atoms with Crippen LogP contribution in [0.25, 0.3) is 0 Å². The number of hydrogen-bond donors (Lipinski definition) is 1. The van der Waals surface area contributed by atoms with Crippen molar-refractivity contribution in [2.75, 3.05) is 13.2 Å². The first-order valence-corrected chi connectivity index (χ1v) is 4.12. The number of carbonyl (C=O) groups is 1. The van der Waals surface area contributed by atoms with Gasteiger partial charge >= 0.3 is 0 Å². The highest BCUT2D eigenvalue weighted by molar-refractivity contribution is 5.79. The van der Waals surface area contributed by atoms with Gasteiger partial charge in [0.15, 0.2) is 6.29 Å². The monoisotopic (exact) mass is 190 g/mol. The highest BCUT2D eigenvalue weighted by Gasteiger charge is 1.98. The molecule has 1 aromatic carbocycles. The molecule has 0 amide bonds. The molecule has 14 heavy (non-hydrogen) atoms. The van der Waals surface area contributed by atoms with Crippen LogP contribution < -0.4 is 4.74 Å². The zero-order valence-corrected chi connectivity index (χ0v) is 7.56. The molecule has 0 saturated carbocycles. The van der Waals surface area contributed by atoms with Gasteiger partial charge in [-0.05, 0) is 12.1 Å². The summed E-state index contributed by atoms with van der Waals surface area (Å²) in [5.74, 6) is 5.55. The van der Waals surface area contributed by atoms with Crippen molar-refractivity contribution in [2.45, 2.75) is 0 Å². The Hall–Kier alpha value is -1.79. The molecule has 0 aliphatic carbocycles. The number of hydrogen-bond acceptors (Lipinski definition) is 3. The number of aliphatic hydroxyl groups excluding tert-OH is 1. The highest BCUT2D eigenvalue weighted by Crippen LogP contribution is 2.14. The van der Waals surface area contributed by atoms with Crippen molar-refractivity contribution in [1.29, 1.82) is 0 Å². The van der Waals surface area contributed by atoms with Crippen molar-refractivity contribution in [3.8, 4) is 17.6 Å². The van der Waals surface area contributed by atoms with Gasteiger partial charge in [-0.25, -0.2) is 0 Å². The molecule has 3 heteroatoms. The van der Waals surface area contributed by atoms with E-state index in [-0.39, 0.29) is 13.2 Å². The lowest BCUT2D eigenvalue weighted by molar-refractivity contribution is 0.112. The van der Waals surface area contributed by atoms with Gasteiger partial charge in [0.2, 0.25) is 0 Å². The topological polar surface area (TPSA) is 46.5 Å². The van der Waals surface area contributed by atoms with Crippen molar-refractivity contribution in [1.82, 2.24) is 0 Å². The Kier molecular flexibility index (Phi) is 4.25. The van der Waals surface area contributed by atoms with Gasteiger partial charge in [0.05, 0.1) is 5.56 Å². The fourth-order valence-electron chi connectivity index (χ4n) is 0.930. The lowest BCUT2D eigenvalue weighted by Crippen LogP contribution is -1.97. The largest absolute Gasteiger partial charge is 0.480 e. The summed E-state index contributed by atoms with van der Waals surface area (Å²) >= 11 is 0. The first kappa shape index (κ1) is 10.3. The molecule has 3 nitrogen and oxygen atoms in total. The third kappa shape index (κ3) is 2.92. The van der Waals surface area contributed by atoms with Gasteiger partial charge in [-0.2, -0.15) is 0 Å². The fraction of sp³-hybridized carbons (Fsp3) is 0.182. The minimum atomic E-state index is -0.182. The highest BCUT2D eigenvalue weighted by atomic mass is 16.5. The van der Waals surface area contributed by atoms with Gasteiger partial charge < -0.3 is 9.84 Å². The summed E-state index contributed by atoms with van der Waals surface area (Å²) in [7, 11) is 0. The SMILES string of the molecule is O=Cc1ccccc1OCC#CCO. The summed E-state index contributed by atoms with van der Waals surface area (Å²) in [5.41, 5.74) is 0.498. The van der Waals surface area contributed by atoms with Gasteiger partial charge in [-0.3, -0.25) is 4.79 Å². The second kappa shape index (κ2) is 5.79. The number of benzene rings is 1. The van der Waals surface area contributed by atoms with Crippen LogP contribution in [0.1, 0.15) is 10.4 Å². The van der Waals surface area contributed by atoms with Crippen molar-refractivity contribution in [3.05, 3.63) is 29.8 Å². The van der Waals surface area contributed by atoms with Crippen LogP contribution in [0.15, 0.2) is 24.3 Å². The van der Waals surface area contributed by atoms with Crippen LogP contribution in [0, 0.1) is 11.8 Å². The third-order valence-electron chi connectivity index (χ3n) is 1.55. The number of carbonyl (C=O) groups excluding carboxylic acids is 1. The zero-order valence-electron chi connectivity index (χ0n) is 7.56. The van der Waals surface area contributed by atoms with Crippen molar-refractivity contribution in [3.63, 3.8) is 0 Å². The molecule has 1 N–H and O–H groups in total. The molecule has 0 fully saturated rings. The molecule has 0 heterocycles. The molecule has 0 spiro atoms. The molecule has 72 valence electrons. The quantitative estimate of drug-likeness (QED) is 0.568. The summed E-state index contributed by atoms with van der Waals surface area (Å²) in [5, 5.41) is 8.38. The van der Waals surface area contributed by atoms with E-state index in [1.54, 1.807) is 24.3 Å². The van der Waals surface area contributed by atoms with E-state index in [1.165, 1.54) is 0 Å². The van der Waals surface area contributed by atoms with E-state index in [0.29, 0.717) is 11.3 Å². The lowest BCUT2D eigenvalue weighted by atomic mass is 10.2. The summed E-state index contributed by atoms with van der Waals surface area (Å²) in [6.45, 7) is -0.00982. The Bertz CT molecular complexity index is 360. The van der Waals surface area contributed by atoms with E-state index in [9.17, 15) is 4.79 Å².